The highest BCUT2D eigenvalue weighted by Crippen LogP contribution is 2.21. The van der Waals surface area contributed by atoms with Crippen molar-refractivity contribution in [3.05, 3.63) is 0 Å². The van der Waals surface area contributed by atoms with Gasteiger partial charge in [0.2, 0.25) is 0 Å². The Morgan fingerprint density at radius 2 is 2.10 bits per heavy atom. The summed E-state index contributed by atoms with van der Waals surface area (Å²) in [6.45, 7) is 9.37. The lowest BCUT2D eigenvalue weighted by Crippen LogP contribution is -2.53. The molecule has 2 atom stereocenters. The lowest BCUT2D eigenvalue weighted by molar-refractivity contribution is -0.148. The van der Waals surface area contributed by atoms with Crippen LogP contribution in [-0.2, 0) is 9.53 Å². The van der Waals surface area contributed by atoms with Gasteiger partial charge in [0.25, 0.3) is 0 Å². The summed E-state index contributed by atoms with van der Waals surface area (Å²) in [5.74, 6) is -0.140. The number of ether oxygens (including phenoxy) is 1. The lowest BCUT2D eigenvalue weighted by atomic mass is 9.96. The molecule has 1 heterocycles. The molecule has 21 heavy (non-hydrogen) atoms. The van der Waals surface area contributed by atoms with E-state index in [0.717, 1.165) is 25.9 Å². The van der Waals surface area contributed by atoms with Crippen LogP contribution in [0.25, 0.3) is 0 Å². The van der Waals surface area contributed by atoms with Gasteiger partial charge in [-0.3, -0.25) is 4.79 Å². The van der Waals surface area contributed by atoms with Crippen molar-refractivity contribution >= 4 is 5.97 Å². The zero-order valence-electron chi connectivity index (χ0n) is 14.4. The van der Waals surface area contributed by atoms with Crippen molar-refractivity contribution in [2.24, 2.45) is 0 Å². The first-order valence-electron chi connectivity index (χ1n) is 8.64. The van der Waals surface area contributed by atoms with Crippen LogP contribution in [0, 0.1) is 0 Å². The highest BCUT2D eigenvalue weighted by molar-refractivity contribution is 5.80. The Hall–Kier alpha value is -0.610. The summed E-state index contributed by atoms with van der Waals surface area (Å²) in [5.41, 5.74) is -0.560. The van der Waals surface area contributed by atoms with Gasteiger partial charge in [-0.25, -0.2) is 0 Å². The SMILES string of the molecule is CCCNC(C)(CCN1CCCCCC1CC)C(=O)OC. The summed E-state index contributed by atoms with van der Waals surface area (Å²) in [7, 11) is 1.48. The Kier molecular flexibility index (Phi) is 8.27. The number of nitrogens with zero attached hydrogens (tertiary/aromatic N) is 1. The van der Waals surface area contributed by atoms with E-state index in [9.17, 15) is 4.79 Å². The van der Waals surface area contributed by atoms with Crippen molar-refractivity contribution < 1.29 is 9.53 Å². The molecule has 2 unspecified atom stereocenters. The Balaban J connectivity index is 2.63. The average Bonchev–Trinajstić information content (AvgIpc) is 2.74. The minimum Gasteiger partial charge on any atom is -0.468 e. The maximum Gasteiger partial charge on any atom is 0.325 e. The maximum atomic E-state index is 12.1. The van der Waals surface area contributed by atoms with Gasteiger partial charge >= 0.3 is 5.97 Å². The topological polar surface area (TPSA) is 41.6 Å². The summed E-state index contributed by atoms with van der Waals surface area (Å²) < 4.78 is 5.01. The molecule has 1 rings (SSSR count). The van der Waals surface area contributed by atoms with Crippen molar-refractivity contribution in [1.82, 2.24) is 10.2 Å². The van der Waals surface area contributed by atoms with Crippen LogP contribution >= 0.6 is 0 Å². The van der Waals surface area contributed by atoms with E-state index >= 15 is 0 Å². The van der Waals surface area contributed by atoms with E-state index in [1.165, 1.54) is 45.8 Å². The van der Waals surface area contributed by atoms with Crippen LogP contribution in [-0.4, -0.2) is 49.2 Å². The van der Waals surface area contributed by atoms with Gasteiger partial charge in [-0.2, -0.15) is 0 Å². The monoisotopic (exact) mass is 298 g/mol. The van der Waals surface area contributed by atoms with E-state index in [0.29, 0.717) is 6.04 Å². The maximum absolute atomic E-state index is 12.1. The number of carbonyl (C=O) groups excluding carboxylic acids is 1. The minimum absolute atomic E-state index is 0.140. The number of methoxy groups -OCH3 is 1. The van der Waals surface area contributed by atoms with Crippen molar-refractivity contribution in [3.63, 3.8) is 0 Å². The third-order valence-corrected chi connectivity index (χ3v) is 4.77. The van der Waals surface area contributed by atoms with Crippen molar-refractivity contribution in [1.29, 1.82) is 0 Å². The van der Waals surface area contributed by atoms with Gasteiger partial charge in [0.05, 0.1) is 7.11 Å². The molecule has 0 bridgehead atoms. The normalized spacial score (nSPS) is 23.3. The van der Waals surface area contributed by atoms with Gasteiger partial charge in [0.1, 0.15) is 5.54 Å². The van der Waals surface area contributed by atoms with Gasteiger partial charge in [-0.15, -0.1) is 0 Å². The Labute approximate surface area is 130 Å². The van der Waals surface area contributed by atoms with E-state index in [4.69, 9.17) is 4.74 Å². The molecule has 0 radical (unpaired) electrons. The molecule has 4 heteroatoms. The van der Waals surface area contributed by atoms with E-state index < -0.39 is 5.54 Å². The minimum atomic E-state index is -0.560. The molecule has 0 saturated carbocycles. The molecule has 1 aliphatic rings. The molecule has 0 aromatic heterocycles. The number of hydrogen-bond donors (Lipinski definition) is 1. The van der Waals surface area contributed by atoms with Crippen LogP contribution in [0.2, 0.25) is 0 Å². The van der Waals surface area contributed by atoms with Crippen LogP contribution in [0.15, 0.2) is 0 Å². The van der Waals surface area contributed by atoms with Crippen LogP contribution in [0.5, 0.6) is 0 Å². The van der Waals surface area contributed by atoms with Crippen molar-refractivity contribution in [2.75, 3.05) is 26.7 Å². The molecule has 0 amide bonds. The van der Waals surface area contributed by atoms with Crippen molar-refractivity contribution in [2.45, 2.75) is 77.3 Å². The zero-order valence-corrected chi connectivity index (χ0v) is 14.4. The molecule has 1 aliphatic heterocycles. The summed E-state index contributed by atoms with van der Waals surface area (Å²) in [6, 6.07) is 0.681. The quantitative estimate of drug-likeness (QED) is 0.700. The number of esters is 1. The Bertz CT molecular complexity index is 309. The number of hydrogen-bond acceptors (Lipinski definition) is 4. The molecule has 1 fully saturated rings. The van der Waals surface area contributed by atoms with Crippen LogP contribution < -0.4 is 5.32 Å². The first-order valence-corrected chi connectivity index (χ1v) is 8.64. The lowest BCUT2D eigenvalue weighted by Gasteiger charge is -2.34. The van der Waals surface area contributed by atoms with E-state index in [2.05, 4.69) is 24.1 Å². The third kappa shape index (κ3) is 5.59. The molecule has 4 nitrogen and oxygen atoms in total. The average molecular weight is 298 g/mol. The van der Waals surface area contributed by atoms with E-state index in [-0.39, 0.29) is 5.97 Å². The molecule has 1 saturated heterocycles. The molecule has 0 aromatic rings. The number of nitrogens with one attached hydrogen (secondary N) is 1. The Morgan fingerprint density at radius 1 is 1.33 bits per heavy atom. The van der Waals surface area contributed by atoms with Gasteiger partial charge in [-0.05, 0) is 52.1 Å². The molecular formula is C17H34N2O2. The van der Waals surface area contributed by atoms with Crippen LogP contribution in [0.3, 0.4) is 0 Å². The number of carbonyl (C=O) groups is 1. The molecule has 124 valence electrons. The highest BCUT2D eigenvalue weighted by Gasteiger charge is 2.34. The first kappa shape index (κ1) is 18.4. The van der Waals surface area contributed by atoms with Crippen LogP contribution in [0.4, 0.5) is 0 Å². The largest absolute Gasteiger partial charge is 0.468 e. The summed E-state index contributed by atoms with van der Waals surface area (Å²) in [5, 5.41) is 3.38. The molecule has 0 aromatic carbocycles. The molecular weight excluding hydrogens is 264 g/mol. The second kappa shape index (κ2) is 9.42. The fourth-order valence-electron chi connectivity index (χ4n) is 3.25. The molecule has 0 aliphatic carbocycles. The fraction of sp³-hybridized carbons (Fsp3) is 0.941. The molecule has 0 spiro atoms. The van der Waals surface area contributed by atoms with Gasteiger partial charge in [-0.1, -0.05) is 26.7 Å². The van der Waals surface area contributed by atoms with E-state index in [1.54, 1.807) is 0 Å². The predicted molar refractivity (Wildman–Crippen MR) is 87.5 cm³/mol. The van der Waals surface area contributed by atoms with Gasteiger partial charge in [0.15, 0.2) is 0 Å². The van der Waals surface area contributed by atoms with Crippen LogP contribution in [0.1, 0.15) is 65.7 Å². The number of rotatable bonds is 8. The second-order valence-electron chi connectivity index (χ2n) is 6.45. The summed E-state index contributed by atoms with van der Waals surface area (Å²) in [4.78, 5) is 14.7. The standard InChI is InChI=1S/C17H34N2O2/c1-5-12-18-17(3,16(20)21-4)11-14-19-13-9-7-8-10-15(19)6-2/h15,18H,5-14H2,1-4H3. The smallest absolute Gasteiger partial charge is 0.325 e. The van der Waals surface area contributed by atoms with Crippen molar-refractivity contribution in [3.8, 4) is 0 Å². The highest BCUT2D eigenvalue weighted by atomic mass is 16.5. The Morgan fingerprint density at radius 3 is 2.71 bits per heavy atom. The zero-order chi connectivity index (χ0) is 15.7. The fourth-order valence-corrected chi connectivity index (χ4v) is 3.25. The van der Waals surface area contributed by atoms with E-state index in [1.807, 2.05) is 6.92 Å². The number of likely N-dealkylation sites (tertiary alicyclic amines) is 1. The summed E-state index contributed by atoms with van der Waals surface area (Å²) in [6.07, 6.45) is 8.32. The predicted octanol–water partition coefficient (Wildman–Crippen LogP) is 2.96. The third-order valence-electron chi connectivity index (χ3n) is 4.77. The molecule has 1 N–H and O–H groups in total. The second-order valence-corrected chi connectivity index (χ2v) is 6.45. The van der Waals surface area contributed by atoms with Gasteiger partial charge < -0.3 is 15.0 Å². The first-order chi connectivity index (χ1) is 10.1. The van der Waals surface area contributed by atoms with Gasteiger partial charge in [0, 0.05) is 12.6 Å². The summed E-state index contributed by atoms with van der Waals surface area (Å²) >= 11 is 0.